The maximum absolute atomic E-state index is 11.9. The van der Waals surface area contributed by atoms with E-state index in [4.69, 9.17) is 5.26 Å². The molecule has 6 heteroatoms. The quantitative estimate of drug-likeness (QED) is 0.515. The van der Waals surface area contributed by atoms with E-state index in [9.17, 15) is 4.79 Å². The average molecular weight is 256 g/mol. The van der Waals surface area contributed by atoms with Gasteiger partial charge < -0.3 is 5.32 Å². The highest BCUT2D eigenvalue weighted by Gasteiger charge is 2.12. The monoisotopic (exact) mass is 256 g/mol. The summed E-state index contributed by atoms with van der Waals surface area (Å²) in [7, 11) is 0. The van der Waals surface area contributed by atoms with E-state index >= 15 is 0 Å². The van der Waals surface area contributed by atoms with Crippen LogP contribution in [0.2, 0.25) is 0 Å². The van der Waals surface area contributed by atoms with Crippen molar-refractivity contribution in [1.29, 1.82) is 5.26 Å². The van der Waals surface area contributed by atoms with Crippen molar-refractivity contribution < 1.29 is 4.79 Å². The number of nitriles is 1. The molecule has 0 aromatic carbocycles. The molecule has 5 nitrogen and oxygen atoms in total. The lowest BCUT2D eigenvalue weighted by molar-refractivity contribution is 0.104. The van der Waals surface area contributed by atoms with Gasteiger partial charge in [-0.3, -0.25) is 4.79 Å². The number of nitrogens with one attached hydrogen (secondary N) is 1. The van der Waals surface area contributed by atoms with Crippen LogP contribution in [0.25, 0.3) is 0 Å². The summed E-state index contributed by atoms with van der Waals surface area (Å²) in [4.78, 5) is 20.3. The first-order valence-electron chi connectivity index (χ1n) is 5.03. The minimum absolute atomic E-state index is 0.0184. The topological polar surface area (TPSA) is 78.7 Å². The molecule has 0 saturated heterocycles. The molecule has 0 bridgehead atoms. The van der Waals surface area contributed by atoms with E-state index in [2.05, 4.69) is 15.3 Å². The number of ketones is 1. The molecule has 0 radical (unpaired) electrons. The van der Waals surface area contributed by atoms with E-state index in [1.165, 1.54) is 17.5 Å². The third kappa shape index (κ3) is 2.78. The SMILES string of the molecule is N#CC(=CNc1ncccn1)C(=O)c1cccs1. The fraction of sp³-hybridized carbons (Fsp3) is 0. The number of anilines is 1. The van der Waals surface area contributed by atoms with Gasteiger partial charge in [0.1, 0.15) is 11.6 Å². The second-order valence-electron chi connectivity index (χ2n) is 3.19. The van der Waals surface area contributed by atoms with Gasteiger partial charge in [-0.1, -0.05) is 6.07 Å². The molecule has 0 aliphatic heterocycles. The van der Waals surface area contributed by atoms with Crippen LogP contribution in [0.3, 0.4) is 0 Å². The van der Waals surface area contributed by atoms with Gasteiger partial charge in [0, 0.05) is 18.6 Å². The predicted molar refractivity (Wildman–Crippen MR) is 68.0 cm³/mol. The number of carbonyl (C=O) groups is 1. The standard InChI is InChI=1S/C12H8N4OS/c13-7-9(11(17)10-3-1-6-18-10)8-16-12-14-4-2-5-15-12/h1-6,8H,(H,14,15,16). The number of rotatable bonds is 4. The zero-order valence-corrected chi connectivity index (χ0v) is 10.0. The number of allylic oxidation sites excluding steroid dienone is 1. The molecule has 0 spiro atoms. The van der Waals surface area contributed by atoms with Gasteiger partial charge >= 0.3 is 0 Å². The Morgan fingerprint density at radius 2 is 2.17 bits per heavy atom. The summed E-state index contributed by atoms with van der Waals surface area (Å²) < 4.78 is 0. The smallest absolute Gasteiger partial charge is 0.226 e. The van der Waals surface area contributed by atoms with Crippen molar-refractivity contribution in [1.82, 2.24) is 9.97 Å². The number of aromatic nitrogens is 2. The second kappa shape index (κ2) is 5.70. The molecular weight excluding hydrogens is 248 g/mol. The largest absolute Gasteiger partial charge is 0.329 e. The highest BCUT2D eigenvalue weighted by Crippen LogP contribution is 2.14. The molecule has 1 N–H and O–H groups in total. The molecule has 18 heavy (non-hydrogen) atoms. The first kappa shape index (κ1) is 12.0. The van der Waals surface area contributed by atoms with E-state index in [0.29, 0.717) is 10.8 Å². The fourth-order valence-corrected chi connectivity index (χ4v) is 1.88. The number of hydrogen-bond acceptors (Lipinski definition) is 6. The Morgan fingerprint density at radius 1 is 1.39 bits per heavy atom. The van der Waals surface area contributed by atoms with E-state index in [-0.39, 0.29) is 11.4 Å². The molecule has 2 rings (SSSR count). The van der Waals surface area contributed by atoms with Crippen molar-refractivity contribution in [2.24, 2.45) is 0 Å². The summed E-state index contributed by atoms with van der Waals surface area (Å²) in [5.41, 5.74) is 0.0184. The van der Waals surface area contributed by atoms with Crippen molar-refractivity contribution in [3.63, 3.8) is 0 Å². The normalized spacial score (nSPS) is 10.7. The molecule has 2 aromatic rings. The lowest BCUT2D eigenvalue weighted by Crippen LogP contribution is -2.03. The number of thiophene rings is 1. The van der Waals surface area contributed by atoms with Crippen LogP contribution in [0, 0.1) is 11.3 Å². The van der Waals surface area contributed by atoms with Crippen molar-refractivity contribution in [2.75, 3.05) is 5.32 Å². The summed E-state index contributed by atoms with van der Waals surface area (Å²) in [6.07, 6.45) is 4.45. The van der Waals surface area contributed by atoms with Crippen LogP contribution in [0.15, 0.2) is 47.7 Å². The fourth-order valence-electron chi connectivity index (χ4n) is 1.20. The van der Waals surface area contributed by atoms with Crippen molar-refractivity contribution in [2.45, 2.75) is 0 Å². The third-order valence-corrected chi connectivity index (χ3v) is 2.89. The highest BCUT2D eigenvalue weighted by atomic mass is 32.1. The number of Topliss-reactive ketones (excluding diaryl/α,β-unsaturated/α-hetero) is 1. The molecule has 0 aliphatic rings. The van der Waals surface area contributed by atoms with Gasteiger partial charge in [-0.2, -0.15) is 5.26 Å². The van der Waals surface area contributed by atoms with Gasteiger partial charge in [0.05, 0.1) is 4.88 Å². The van der Waals surface area contributed by atoms with Crippen molar-refractivity contribution >= 4 is 23.1 Å². The maximum Gasteiger partial charge on any atom is 0.226 e. The molecule has 0 saturated carbocycles. The van der Waals surface area contributed by atoms with Gasteiger partial charge in [-0.15, -0.1) is 11.3 Å². The van der Waals surface area contributed by atoms with Crippen LogP contribution in [0.5, 0.6) is 0 Å². The molecule has 0 aliphatic carbocycles. The first-order chi connectivity index (χ1) is 8.81. The molecule has 2 aromatic heterocycles. The Bertz CT molecular complexity index is 599. The number of carbonyl (C=O) groups excluding carboxylic acids is 1. The van der Waals surface area contributed by atoms with Crippen molar-refractivity contribution in [3.05, 3.63) is 52.6 Å². The Hall–Kier alpha value is -2.52. The molecular formula is C12H8N4OS. The molecule has 0 atom stereocenters. The molecule has 0 amide bonds. The van der Waals surface area contributed by atoms with E-state index in [0.717, 1.165) is 0 Å². The van der Waals surface area contributed by atoms with Crippen LogP contribution in [-0.2, 0) is 0 Å². The van der Waals surface area contributed by atoms with Crippen molar-refractivity contribution in [3.8, 4) is 6.07 Å². The summed E-state index contributed by atoms with van der Waals surface area (Å²) in [5, 5.41) is 13.5. The molecule has 0 fully saturated rings. The maximum atomic E-state index is 11.9. The van der Waals surface area contributed by atoms with Gasteiger partial charge in [-0.05, 0) is 17.5 Å². The molecule has 88 valence electrons. The number of hydrogen-bond donors (Lipinski definition) is 1. The molecule has 2 heterocycles. The zero-order chi connectivity index (χ0) is 12.8. The van der Waals surface area contributed by atoms with E-state index in [1.54, 1.807) is 36.0 Å². The number of nitrogens with zero attached hydrogens (tertiary/aromatic N) is 3. The Labute approximate surface area is 107 Å². The second-order valence-corrected chi connectivity index (χ2v) is 4.14. The Kier molecular flexibility index (Phi) is 3.79. The van der Waals surface area contributed by atoms with Crippen LogP contribution >= 0.6 is 11.3 Å². The Morgan fingerprint density at radius 3 is 2.78 bits per heavy atom. The van der Waals surface area contributed by atoms with E-state index in [1.807, 2.05) is 6.07 Å². The minimum atomic E-state index is -0.309. The van der Waals surface area contributed by atoms with Crippen LogP contribution in [0.4, 0.5) is 5.95 Å². The summed E-state index contributed by atoms with van der Waals surface area (Å²) >= 11 is 1.30. The van der Waals surface area contributed by atoms with Crippen LogP contribution in [-0.4, -0.2) is 15.8 Å². The Balaban J connectivity index is 2.15. The summed E-state index contributed by atoms with van der Waals surface area (Å²) in [5.74, 6) is 0.0279. The van der Waals surface area contributed by atoms with Gasteiger partial charge in [0.25, 0.3) is 0 Å². The van der Waals surface area contributed by atoms with E-state index < -0.39 is 0 Å². The van der Waals surface area contributed by atoms with Crippen LogP contribution < -0.4 is 5.32 Å². The lowest BCUT2D eigenvalue weighted by Gasteiger charge is -1.98. The molecule has 0 unspecified atom stereocenters. The van der Waals surface area contributed by atoms with Gasteiger partial charge in [0.2, 0.25) is 11.7 Å². The van der Waals surface area contributed by atoms with Crippen LogP contribution in [0.1, 0.15) is 9.67 Å². The summed E-state index contributed by atoms with van der Waals surface area (Å²) in [6.45, 7) is 0. The predicted octanol–water partition coefficient (Wildman–Crippen LogP) is 2.24. The van der Waals surface area contributed by atoms with Gasteiger partial charge in [-0.25, -0.2) is 9.97 Å². The third-order valence-electron chi connectivity index (χ3n) is 2.02. The minimum Gasteiger partial charge on any atom is -0.329 e. The van der Waals surface area contributed by atoms with Gasteiger partial charge in [0.15, 0.2) is 0 Å². The average Bonchev–Trinajstić information content (AvgIpc) is 2.94. The lowest BCUT2D eigenvalue weighted by atomic mass is 10.2. The summed E-state index contributed by atoms with van der Waals surface area (Å²) in [6, 6.07) is 6.98. The zero-order valence-electron chi connectivity index (χ0n) is 9.20. The first-order valence-corrected chi connectivity index (χ1v) is 5.91. The highest BCUT2D eigenvalue weighted by molar-refractivity contribution is 7.12.